The van der Waals surface area contributed by atoms with Gasteiger partial charge in [0.1, 0.15) is 23.7 Å². The van der Waals surface area contributed by atoms with Gasteiger partial charge in [-0.15, -0.1) is 6.58 Å². The topological polar surface area (TPSA) is 177 Å². The Morgan fingerprint density at radius 1 is 0.806 bits per heavy atom. The van der Waals surface area contributed by atoms with Crippen LogP contribution in [0.1, 0.15) is 138 Å². The second-order valence-electron chi connectivity index (χ2n) is 21.7. The third-order valence-electron chi connectivity index (χ3n) is 16.8. The molecule has 0 unspecified atom stereocenters. The van der Waals surface area contributed by atoms with Gasteiger partial charge in [0.05, 0.1) is 12.6 Å². The number of nitrogens with one attached hydrogen (secondary N) is 4. The Morgan fingerprint density at radius 2 is 1.47 bits per heavy atom. The maximum atomic E-state index is 15.3. The molecule has 3 heterocycles. The number of rotatable bonds is 13. The van der Waals surface area contributed by atoms with E-state index in [0.717, 1.165) is 70.8 Å². The van der Waals surface area contributed by atoms with Crippen molar-refractivity contribution in [2.45, 2.75) is 180 Å². The van der Waals surface area contributed by atoms with Gasteiger partial charge in [-0.05, 0) is 93.9 Å². The molecule has 7 fully saturated rings. The van der Waals surface area contributed by atoms with Crippen LogP contribution in [0.2, 0.25) is 0 Å². The number of nitrogens with zero attached hydrogens (tertiary/aromatic N) is 3. The van der Waals surface area contributed by atoms with Crippen molar-refractivity contribution in [1.82, 2.24) is 34.8 Å². The third kappa shape index (κ3) is 7.99. The average molecular weight is 892 g/mol. The van der Waals surface area contributed by atoms with Crippen LogP contribution in [0.5, 0.6) is 0 Å². The molecule has 3 aliphatic heterocycles. The quantitative estimate of drug-likeness (QED) is 0.197. The van der Waals surface area contributed by atoms with Crippen LogP contribution in [0.15, 0.2) is 12.7 Å². The molecule has 14 nitrogen and oxygen atoms in total. The van der Waals surface area contributed by atoms with E-state index in [0.29, 0.717) is 17.1 Å². The number of halogens is 2. The smallest absolute Gasteiger partial charge is 0.304 e. The van der Waals surface area contributed by atoms with Crippen molar-refractivity contribution in [3.63, 3.8) is 0 Å². The molecule has 0 aromatic carbocycles. The van der Waals surface area contributed by atoms with E-state index in [-0.39, 0.29) is 47.7 Å². The molecule has 62 heavy (non-hydrogen) atoms. The SMILES string of the molecule is C=C[C@@H]1C[C@]1(NC(=O)[C@@H]1C[C@@]2(CN1C(=O)[C@@H](NC(=O)[C@@H](NC(=O)[C@@H]1CCCCN1C(C)C)C1CCCCC1)C(C)(C)C)C(C)(C)C21CCC1)C(=O)NS(=O)(=O)N1CCC(F)(F)C1. The molecule has 0 bridgehead atoms. The summed E-state index contributed by atoms with van der Waals surface area (Å²) in [6.45, 7) is 17.4. The highest BCUT2D eigenvalue weighted by Gasteiger charge is 2.85. The number of carbonyl (C=O) groups is 5. The normalized spacial score (nSPS) is 32.7. The molecule has 4 saturated carbocycles. The molecule has 0 aromatic rings. The highest BCUT2D eigenvalue weighted by Crippen LogP contribution is 2.88. The third-order valence-corrected chi connectivity index (χ3v) is 18.2. The summed E-state index contributed by atoms with van der Waals surface area (Å²) in [5.41, 5.74) is -3.27. The standard InChI is InChI=1S/C45H71F2N7O7S/c1-9-30-24-45(30,39(59)51-62(60,61)52-23-21-44(46,47)27-52)50-36(56)32-25-43(41(7,8)42(43)19-15-20-42)26-54(32)38(58)34(40(4,5)6)49-37(57)33(29-16-11-10-12-17-29)48-35(55)31-18-13-14-22-53(31)28(2)3/h9,28-34H,1,10-27H2,2-8H3,(H,48,55)(H,49,57)(H,50,56)(H,51,59)/t30-,31+,32+,33+,34-,43-,45-/m1/s1. The van der Waals surface area contributed by atoms with Gasteiger partial charge in [0.25, 0.3) is 11.8 Å². The van der Waals surface area contributed by atoms with Crippen molar-refractivity contribution >= 4 is 39.7 Å². The summed E-state index contributed by atoms with van der Waals surface area (Å²) < 4.78 is 56.8. The van der Waals surface area contributed by atoms with Crippen LogP contribution in [-0.2, 0) is 34.2 Å². The van der Waals surface area contributed by atoms with Crippen molar-refractivity contribution in [1.29, 1.82) is 0 Å². The van der Waals surface area contributed by atoms with Gasteiger partial charge in [0.2, 0.25) is 23.6 Å². The molecule has 0 aromatic heterocycles. The lowest BCUT2D eigenvalue weighted by Crippen LogP contribution is -2.63. The van der Waals surface area contributed by atoms with E-state index in [2.05, 4.69) is 55.1 Å². The van der Waals surface area contributed by atoms with E-state index in [1.54, 1.807) is 4.90 Å². The van der Waals surface area contributed by atoms with Gasteiger partial charge >= 0.3 is 10.2 Å². The van der Waals surface area contributed by atoms with Gasteiger partial charge in [-0.1, -0.05) is 72.8 Å². The predicted molar refractivity (Wildman–Crippen MR) is 229 cm³/mol. The summed E-state index contributed by atoms with van der Waals surface area (Å²) in [4.78, 5) is 76.5. The van der Waals surface area contributed by atoms with Crippen LogP contribution >= 0.6 is 0 Å². The van der Waals surface area contributed by atoms with E-state index < -0.39 is 99.7 Å². The average Bonchev–Trinajstić information content (AvgIpc) is 3.78. The first-order valence-electron chi connectivity index (χ1n) is 23.2. The highest BCUT2D eigenvalue weighted by molar-refractivity contribution is 7.87. The number of fused-ring (bicyclic) bond motifs is 1. The second-order valence-corrected chi connectivity index (χ2v) is 23.4. The molecule has 4 N–H and O–H groups in total. The number of alkyl halides is 2. The minimum atomic E-state index is -4.66. The molecule has 2 spiro atoms. The van der Waals surface area contributed by atoms with Crippen LogP contribution in [0.3, 0.4) is 0 Å². The van der Waals surface area contributed by atoms with Gasteiger partial charge < -0.3 is 20.9 Å². The van der Waals surface area contributed by atoms with Gasteiger partial charge in [-0.25, -0.2) is 13.5 Å². The van der Waals surface area contributed by atoms with Crippen LogP contribution < -0.4 is 20.7 Å². The van der Waals surface area contributed by atoms with E-state index in [1.807, 2.05) is 25.5 Å². The number of hydrogen-bond acceptors (Lipinski definition) is 8. The molecule has 5 amide bonds. The first-order chi connectivity index (χ1) is 28.9. The number of piperidine rings is 1. The highest BCUT2D eigenvalue weighted by atomic mass is 32.2. The Kier molecular flexibility index (Phi) is 12.3. The summed E-state index contributed by atoms with van der Waals surface area (Å²) in [5, 5.41) is 9.12. The number of amides is 5. The zero-order chi connectivity index (χ0) is 45.4. The zero-order valence-corrected chi connectivity index (χ0v) is 38.7. The van der Waals surface area contributed by atoms with Crippen molar-refractivity contribution in [2.75, 3.05) is 26.2 Å². The number of likely N-dealkylation sites (tertiary alicyclic amines) is 2. The van der Waals surface area contributed by atoms with Crippen molar-refractivity contribution < 1.29 is 41.2 Å². The lowest BCUT2D eigenvalue weighted by Gasteiger charge is -2.40. The van der Waals surface area contributed by atoms with Gasteiger partial charge in [0, 0.05) is 36.9 Å². The van der Waals surface area contributed by atoms with E-state index >= 15 is 4.79 Å². The lowest BCUT2D eigenvalue weighted by atomic mass is 9.73. The van der Waals surface area contributed by atoms with Gasteiger partial charge in [-0.2, -0.15) is 12.7 Å². The predicted octanol–water partition coefficient (Wildman–Crippen LogP) is 4.41. The summed E-state index contributed by atoms with van der Waals surface area (Å²) in [6.07, 6.45) is 11.1. The number of carbonyl (C=O) groups excluding carboxylic acids is 5. The Labute approximate surface area is 367 Å². The summed E-state index contributed by atoms with van der Waals surface area (Å²) in [7, 11) is -4.66. The molecular formula is C45H71F2N7O7S. The minimum Gasteiger partial charge on any atom is -0.343 e. The first kappa shape index (κ1) is 46.8. The van der Waals surface area contributed by atoms with E-state index in [9.17, 15) is 36.4 Å². The van der Waals surface area contributed by atoms with Gasteiger partial charge in [0.15, 0.2) is 0 Å². The fraction of sp³-hybridized carbons (Fsp3) is 0.844. The maximum Gasteiger partial charge on any atom is 0.304 e. The van der Waals surface area contributed by atoms with E-state index in [4.69, 9.17) is 0 Å². The van der Waals surface area contributed by atoms with Crippen LogP contribution in [-0.4, -0.2) is 120 Å². The molecule has 0 radical (unpaired) electrons. The van der Waals surface area contributed by atoms with Crippen LogP contribution in [0.25, 0.3) is 0 Å². The van der Waals surface area contributed by atoms with Crippen LogP contribution in [0.4, 0.5) is 8.78 Å². The lowest BCUT2D eigenvalue weighted by molar-refractivity contribution is -0.145. The maximum absolute atomic E-state index is 15.3. The molecular weight excluding hydrogens is 821 g/mol. The van der Waals surface area contributed by atoms with Gasteiger partial charge in [-0.3, -0.25) is 28.9 Å². The molecule has 7 rings (SSSR count). The second kappa shape index (κ2) is 16.4. The Morgan fingerprint density at radius 3 is 2.00 bits per heavy atom. The van der Waals surface area contributed by atoms with Crippen LogP contribution in [0, 0.1) is 33.5 Å². The fourth-order valence-electron chi connectivity index (χ4n) is 12.6. The summed E-state index contributed by atoms with van der Waals surface area (Å²) in [5.74, 6) is -6.72. The molecule has 4 aliphatic carbocycles. The Balaban J connectivity index is 1.15. The molecule has 348 valence electrons. The van der Waals surface area contributed by atoms with Crippen molar-refractivity contribution in [3.8, 4) is 0 Å². The van der Waals surface area contributed by atoms with Crippen molar-refractivity contribution in [2.24, 2.45) is 33.5 Å². The van der Waals surface area contributed by atoms with Crippen molar-refractivity contribution in [3.05, 3.63) is 12.7 Å². The minimum absolute atomic E-state index is 0.0335. The molecule has 17 heteroatoms. The van der Waals surface area contributed by atoms with E-state index in [1.165, 1.54) is 6.08 Å². The summed E-state index contributed by atoms with van der Waals surface area (Å²) >= 11 is 0. The zero-order valence-electron chi connectivity index (χ0n) is 37.9. The molecule has 3 saturated heterocycles. The molecule has 7 aliphatic rings. The summed E-state index contributed by atoms with van der Waals surface area (Å²) in [6, 6.07) is -3.20. The Bertz CT molecular complexity index is 1930. The monoisotopic (exact) mass is 892 g/mol. The molecule has 7 atom stereocenters. The fourth-order valence-corrected chi connectivity index (χ4v) is 13.8. The largest absolute Gasteiger partial charge is 0.343 e. The number of hydrogen-bond donors (Lipinski definition) is 4. The first-order valence-corrected chi connectivity index (χ1v) is 24.6. The Hall–Kier alpha value is -3.18.